The van der Waals surface area contributed by atoms with Crippen LogP contribution in [-0.2, 0) is 0 Å². The highest BCUT2D eigenvalue weighted by molar-refractivity contribution is 5.95. The maximum atomic E-state index is 12.9. The molecule has 3 aromatic carbocycles. The van der Waals surface area contributed by atoms with Crippen LogP contribution in [-0.4, -0.2) is 23.0 Å². The fourth-order valence-corrected chi connectivity index (χ4v) is 3.37. The fourth-order valence-electron chi connectivity index (χ4n) is 3.37. The lowest BCUT2D eigenvalue weighted by Crippen LogP contribution is -2.26. The number of aryl methyl sites for hydroxylation is 1. The summed E-state index contributed by atoms with van der Waals surface area (Å²) in [6.07, 6.45) is 1.62. The van der Waals surface area contributed by atoms with E-state index >= 15 is 0 Å². The van der Waals surface area contributed by atoms with Crippen molar-refractivity contribution in [1.82, 2.24) is 15.3 Å². The fraction of sp³-hybridized carbons (Fsp3) is 0.148. The summed E-state index contributed by atoms with van der Waals surface area (Å²) < 4.78 is 11.2. The van der Waals surface area contributed by atoms with Gasteiger partial charge in [-0.3, -0.25) is 4.79 Å². The maximum absolute atomic E-state index is 12.9. The number of para-hydroxylation sites is 2. The van der Waals surface area contributed by atoms with E-state index in [1.807, 2.05) is 68.4 Å². The summed E-state index contributed by atoms with van der Waals surface area (Å²) in [5, 5.41) is 3.05. The van der Waals surface area contributed by atoms with Crippen molar-refractivity contribution in [1.29, 1.82) is 0 Å². The molecule has 0 saturated heterocycles. The molecular weight excluding hydrogens is 414 g/mol. The molecule has 1 heterocycles. The number of nitrogens with one attached hydrogen (secondary N) is 1. The van der Waals surface area contributed by atoms with Crippen LogP contribution in [0.25, 0.3) is 11.4 Å². The zero-order chi connectivity index (χ0) is 23.2. The number of carbonyl (C=O) groups excluding carboxylic acids is 1. The topological polar surface area (TPSA) is 73.3 Å². The lowest BCUT2D eigenvalue weighted by atomic mass is 10.1. The standard InChI is InChI=1S/C27H25N3O3/c1-18-11-13-20(14-12-18)19(2)29-27(31)22-8-6-7-21(17-22)26-28-16-15-25(30-26)33-24-10-5-4-9-23(24)32-3/h4-17,19H,1-3H3,(H,29,31). The second-order valence-electron chi connectivity index (χ2n) is 7.66. The molecule has 0 fully saturated rings. The zero-order valence-corrected chi connectivity index (χ0v) is 18.8. The molecule has 6 heteroatoms. The number of nitrogens with zero attached hydrogens (tertiary/aromatic N) is 2. The Morgan fingerprint density at radius 1 is 0.939 bits per heavy atom. The number of hydrogen-bond donors (Lipinski definition) is 1. The quantitative estimate of drug-likeness (QED) is 0.397. The van der Waals surface area contributed by atoms with Crippen molar-refractivity contribution >= 4 is 5.91 Å². The summed E-state index contributed by atoms with van der Waals surface area (Å²) >= 11 is 0. The first-order valence-electron chi connectivity index (χ1n) is 10.7. The molecule has 33 heavy (non-hydrogen) atoms. The number of methoxy groups -OCH3 is 1. The Labute approximate surface area is 193 Å². The van der Waals surface area contributed by atoms with Gasteiger partial charge < -0.3 is 14.8 Å². The first kappa shape index (κ1) is 22.0. The molecule has 1 aromatic heterocycles. The Morgan fingerprint density at radius 2 is 1.70 bits per heavy atom. The van der Waals surface area contributed by atoms with E-state index in [1.54, 1.807) is 37.6 Å². The predicted octanol–water partition coefficient (Wildman–Crippen LogP) is 5.74. The summed E-state index contributed by atoms with van der Waals surface area (Å²) in [7, 11) is 1.59. The summed E-state index contributed by atoms with van der Waals surface area (Å²) in [5.74, 6) is 1.85. The lowest BCUT2D eigenvalue weighted by Gasteiger charge is -2.15. The summed E-state index contributed by atoms with van der Waals surface area (Å²) in [4.78, 5) is 21.7. The number of amides is 1. The molecule has 1 atom stereocenters. The monoisotopic (exact) mass is 439 g/mol. The Kier molecular flexibility index (Phi) is 6.64. The number of ether oxygens (including phenoxy) is 2. The maximum Gasteiger partial charge on any atom is 0.251 e. The highest BCUT2D eigenvalue weighted by Gasteiger charge is 2.14. The van der Waals surface area contributed by atoms with E-state index in [9.17, 15) is 4.79 Å². The van der Waals surface area contributed by atoms with E-state index in [2.05, 4.69) is 15.3 Å². The van der Waals surface area contributed by atoms with E-state index in [4.69, 9.17) is 9.47 Å². The molecule has 6 nitrogen and oxygen atoms in total. The van der Waals surface area contributed by atoms with Gasteiger partial charge in [0, 0.05) is 23.4 Å². The highest BCUT2D eigenvalue weighted by atomic mass is 16.5. The minimum Gasteiger partial charge on any atom is -0.493 e. The molecular formula is C27H25N3O3. The van der Waals surface area contributed by atoms with Crippen LogP contribution in [0.1, 0.15) is 34.5 Å². The molecule has 166 valence electrons. The van der Waals surface area contributed by atoms with E-state index in [0.717, 1.165) is 11.1 Å². The third-order valence-electron chi connectivity index (χ3n) is 5.22. The average Bonchev–Trinajstić information content (AvgIpc) is 2.85. The molecule has 0 aliphatic heterocycles. The van der Waals surface area contributed by atoms with E-state index in [1.165, 1.54) is 5.56 Å². The minimum atomic E-state index is -0.161. The van der Waals surface area contributed by atoms with Gasteiger partial charge in [-0.05, 0) is 43.7 Å². The molecule has 0 aliphatic rings. The van der Waals surface area contributed by atoms with Crippen molar-refractivity contribution in [3.8, 4) is 28.8 Å². The number of carbonyl (C=O) groups is 1. The van der Waals surface area contributed by atoms with Gasteiger partial charge in [0.15, 0.2) is 17.3 Å². The molecule has 0 spiro atoms. The average molecular weight is 440 g/mol. The van der Waals surface area contributed by atoms with E-state index in [-0.39, 0.29) is 11.9 Å². The molecule has 1 amide bonds. The molecule has 0 aliphatic carbocycles. The van der Waals surface area contributed by atoms with Gasteiger partial charge in [-0.15, -0.1) is 0 Å². The van der Waals surface area contributed by atoms with Gasteiger partial charge in [0.25, 0.3) is 5.91 Å². The SMILES string of the molecule is COc1ccccc1Oc1ccnc(-c2cccc(C(=O)NC(C)c3ccc(C)cc3)c2)n1. The second kappa shape index (κ2) is 9.96. The lowest BCUT2D eigenvalue weighted by molar-refractivity contribution is 0.0940. The van der Waals surface area contributed by atoms with Crippen molar-refractivity contribution in [3.63, 3.8) is 0 Å². The Hall–Kier alpha value is -4.19. The summed E-state index contributed by atoms with van der Waals surface area (Å²) in [6.45, 7) is 4.01. The van der Waals surface area contributed by atoms with Gasteiger partial charge in [0.2, 0.25) is 5.88 Å². The van der Waals surface area contributed by atoms with Crippen molar-refractivity contribution in [3.05, 3.63) is 102 Å². The van der Waals surface area contributed by atoms with Crippen LogP contribution in [0.15, 0.2) is 85.1 Å². The highest BCUT2D eigenvalue weighted by Crippen LogP contribution is 2.30. The first-order valence-corrected chi connectivity index (χ1v) is 10.7. The number of aromatic nitrogens is 2. The summed E-state index contributed by atoms with van der Waals surface area (Å²) in [5.41, 5.74) is 3.48. The Bertz CT molecular complexity index is 1260. The van der Waals surface area contributed by atoms with E-state index < -0.39 is 0 Å². The third kappa shape index (κ3) is 5.36. The number of rotatable bonds is 7. The van der Waals surface area contributed by atoms with Crippen LogP contribution in [0.4, 0.5) is 0 Å². The van der Waals surface area contributed by atoms with Crippen molar-refractivity contribution < 1.29 is 14.3 Å². The minimum absolute atomic E-state index is 0.115. The molecule has 0 saturated carbocycles. The van der Waals surface area contributed by atoms with Gasteiger partial charge in [-0.25, -0.2) is 4.98 Å². The molecule has 4 rings (SSSR count). The van der Waals surface area contributed by atoms with Crippen molar-refractivity contribution in [2.75, 3.05) is 7.11 Å². The normalized spacial score (nSPS) is 11.5. The molecule has 4 aromatic rings. The van der Waals surface area contributed by atoms with Crippen molar-refractivity contribution in [2.45, 2.75) is 19.9 Å². The largest absolute Gasteiger partial charge is 0.493 e. The van der Waals surface area contributed by atoms with Gasteiger partial charge in [0.05, 0.1) is 13.2 Å². The summed E-state index contributed by atoms with van der Waals surface area (Å²) in [6, 6.07) is 24.3. The third-order valence-corrected chi connectivity index (χ3v) is 5.22. The zero-order valence-electron chi connectivity index (χ0n) is 18.8. The molecule has 1 N–H and O–H groups in total. The molecule has 0 radical (unpaired) electrons. The van der Waals surface area contributed by atoms with Crippen LogP contribution < -0.4 is 14.8 Å². The van der Waals surface area contributed by atoms with Gasteiger partial charge in [0.1, 0.15) is 0 Å². The van der Waals surface area contributed by atoms with Gasteiger partial charge >= 0.3 is 0 Å². The van der Waals surface area contributed by atoms with Crippen LogP contribution in [0, 0.1) is 6.92 Å². The van der Waals surface area contributed by atoms with E-state index in [0.29, 0.717) is 28.8 Å². The smallest absolute Gasteiger partial charge is 0.251 e. The molecule has 1 unspecified atom stereocenters. The predicted molar refractivity (Wildman–Crippen MR) is 128 cm³/mol. The van der Waals surface area contributed by atoms with Gasteiger partial charge in [-0.2, -0.15) is 4.98 Å². The van der Waals surface area contributed by atoms with Gasteiger partial charge in [-0.1, -0.05) is 54.1 Å². The van der Waals surface area contributed by atoms with Crippen LogP contribution >= 0.6 is 0 Å². The van der Waals surface area contributed by atoms with Crippen LogP contribution in [0.3, 0.4) is 0 Å². The Morgan fingerprint density at radius 3 is 2.45 bits per heavy atom. The van der Waals surface area contributed by atoms with Crippen molar-refractivity contribution in [2.24, 2.45) is 0 Å². The Balaban J connectivity index is 1.52. The first-order chi connectivity index (χ1) is 16.0. The number of hydrogen-bond acceptors (Lipinski definition) is 5. The van der Waals surface area contributed by atoms with Crippen LogP contribution in [0.5, 0.6) is 17.4 Å². The molecule has 0 bridgehead atoms. The number of benzene rings is 3. The van der Waals surface area contributed by atoms with Crippen LogP contribution in [0.2, 0.25) is 0 Å². The second-order valence-corrected chi connectivity index (χ2v) is 7.66.